The highest BCUT2D eigenvalue weighted by Gasteiger charge is 2.12. The first-order chi connectivity index (χ1) is 12.2. The Balaban J connectivity index is 1.95. The summed E-state index contributed by atoms with van der Waals surface area (Å²) in [5.74, 6) is 1.70. The quantitative estimate of drug-likeness (QED) is 0.513. The average molecular weight is 332 g/mol. The van der Waals surface area contributed by atoms with Crippen molar-refractivity contribution in [3.63, 3.8) is 0 Å². The van der Waals surface area contributed by atoms with Gasteiger partial charge in [-0.05, 0) is 35.0 Å². The van der Waals surface area contributed by atoms with Gasteiger partial charge in [0.25, 0.3) is 0 Å². The standard InChI is InChI=1S/C21H16O4/c1-23-17-9-8-14(11-20(17)24-2)19-12-16(22)21-15-6-4-3-5-13(15)7-10-18(21)25-19/h3-12H,1-2H3. The van der Waals surface area contributed by atoms with Gasteiger partial charge in [0.15, 0.2) is 16.9 Å². The Morgan fingerprint density at radius 3 is 2.44 bits per heavy atom. The lowest BCUT2D eigenvalue weighted by Crippen LogP contribution is -2.01. The van der Waals surface area contributed by atoms with Crippen LogP contribution in [0.15, 0.2) is 69.9 Å². The van der Waals surface area contributed by atoms with Gasteiger partial charge in [-0.15, -0.1) is 0 Å². The van der Waals surface area contributed by atoms with Gasteiger partial charge in [0.2, 0.25) is 0 Å². The first-order valence-electron chi connectivity index (χ1n) is 7.89. The number of hydrogen-bond donors (Lipinski definition) is 0. The Labute approximate surface area is 144 Å². The summed E-state index contributed by atoms with van der Waals surface area (Å²) >= 11 is 0. The molecule has 0 radical (unpaired) electrons. The minimum atomic E-state index is -0.0668. The van der Waals surface area contributed by atoms with Crippen LogP contribution >= 0.6 is 0 Å². The third-order valence-electron chi connectivity index (χ3n) is 4.29. The van der Waals surface area contributed by atoms with Crippen molar-refractivity contribution in [2.24, 2.45) is 0 Å². The van der Waals surface area contributed by atoms with E-state index >= 15 is 0 Å². The average Bonchev–Trinajstić information content (AvgIpc) is 2.66. The Hall–Kier alpha value is -3.27. The molecule has 0 fully saturated rings. The maximum absolute atomic E-state index is 12.7. The first-order valence-corrected chi connectivity index (χ1v) is 7.89. The molecule has 0 atom stereocenters. The zero-order valence-electron chi connectivity index (χ0n) is 13.9. The first kappa shape index (κ1) is 15.3. The van der Waals surface area contributed by atoms with Gasteiger partial charge in [0, 0.05) is 11.6 Å². The molecule has 0 unspecified atom stereocenters. The molecular formula is C21H16O4. The molecule has 0 saturated heterocycles. The molecule has 0 N–H and O–H groups in total. The van der Waals surface area contributed by atoms with E-state index in [1.807, 2.05) is 42.5 Å². The van der Waals surface area contributed by atoms with Gasteiger partial charge in [-0.25, -0.2) is 0 Å². The summed E-state index contributed by atoms with van der Waals surface area (Å²) in [4.78, 5) is 12.7. The van der Waals surface area contributed by atoms with Gasteiger partial charge in [-0.2, -0.15) is 0 Å². The smallest absolute Gasteiger partial charge is 0.193 e. The number of ether oxygens (including phenoxy) is 2. The Morgan fingerprint density at radius 2 is 1.64 bits per heavy atom. The van der Waals surface area contributed by atoms with Crippen LogP contribution in [0.3, 0.4) is 0 Å². The highest BCUT2D eigenvalue weighted by Crippen LogP contribution is 2.33. The van der Waals surface area contributed by atoms with Crippen LogP contribution in [0.5, 0.6) is 11.5 Å². The summed E-state index contributed by atoms with van der Waals surface area (Å²) in [6, 6.07) is 18.5. The Bertz CT molecular complexity index is 1140. The zero-order chi connectivity index (χ0) is 17.4. The minimum Gasteiger partial charge on any atom is -0.493 e. The van der Waals surface area contributed by atoms with Crippen molar-refractivity contribution in [1.29, 1.82) is 0 Å². The summed E-state index contributed by atoms with van der Waals surface area (Å²) in [6.07, 6.45) is 0. The molecule has 1 heterocycles. The van der Waals surface area contributed by atoms with Crippen molar-refractivity contribution in [2.45, 2.75) is 0 Å². The molecule has 1 aromatic heterocycles. The van der Waals surface area contributed by atoms with Crippen LogP contribution in [0, 0.1) is 0 Å². The van der Waals surface area contributed by atoms with E-state index in [1.54, 1.807) is 26.4 Å². The predicted molar refractivity (Wildman–Crippen MR) is 98.5 cm³/mol. The molecule has 4 nitrogen and oxygen atoms in total. The van der Waals surface area contributed by atoms with Crippen LogP contribution in [0.1, 0.15) is 0 Å². The predicted octanol–water partition coefficient (Wildman–Crippen LogP) is 4.63. The second kappa shape index (κ2) is 5.98. The lowest BCUT2D eigenvalue weighted by atomic mass is 10.0. The highest BCUT2D eigenvalue weighted by molar-refractivity contribution is 6.05. The molecule has 0 aliphatic carbocycles. The Kier molecular flexibility index (Phi) is 3.65. The van der Waals surface area contributed by atoms with Crippen LogP contribution in [0.4, 0.5) is 0 Å². The summed E-state index contributed by atoms with van der Waals surface area (Å²) in [5.41, 5.74) is 1.25. The molecule has 25 heavy (non-hydrogen) atoms. The monoisotopic (exact) mass is 332 g/mol. The SMILES string of the molecule is COc1ccc(-c2cc(=O)c3c(ccc4ccccc43)o2)cc1OC. The number of rotatable bonds is 3. The van der Waals surface area contributed by atoms with E-state index < -0.39 is 0 Å². The maximum Gasteiger partial charge on any atom is 0.193 e. The number of benzene rings is 3. The largest absolute Gasteiger partial charge is 0.493 e. The molecule has 4 aromatic rings. The summed E-state index contributed by atoms with van der Waals surface area (Å²) in [7, 11) is 3.16. The van der Waals surface area contributed by atoms with Crippen LogP contribution in [0.2, 0.25) is 0 Å². The fourth-order valence-electron chi connectivity index (χ4n) is 3.06. The van der Waals surface area contributed by atoms with Crippen LogP contribution in [-0.4, -0.2) is 14.2 Å². The lowest BCUT2D eigenvalue weighted by Gasteiger charge is -2.10. The molecule has 0 saturated carbocycles. The van der Waals surface area contributed by atoms with Crippen molar-refractivity contribution in [3.05, 3.63) is 70.9 Å². The van der Waals surface area contributed by atoms with Gasteiger partial charge >= 0.3 is 0 Å². The van der Waals surface area contributed by atoms with Crippen LogP contribution in [0.25, 0.3) is 33.1 Å². The third-order valence-corrected chi connectivity index (χ3v) is 4.29. The molecule has 4 rings (SSSR count). The van der Waals surface area contributed by atoms with Crippen molar-refractivity contribution >= 4 is 21.7 Å². The lowest BCUT2D eigenvalue weighted by molar-refractivity contribution is 0.355. The van der Waals surface area contributed by atoms with Gasteiger partial charge in [0.05, 0.1) is 19.6 Å². The summed E-state index contributed by atoms with van der Waals surface area (Å²) in [5, 5.41) is 2.51. The van der Waals surface area contributed by atoms with E-state index in [9.17, 15) is 4.79 Å². The van der Waals surface area contributed by atoms with E-state index in [-0.39, 0.29) is 5.43 Å². The van der Waals surface area contributed by atoms with E-state index in [0.29, 0.717) is 28.2 Å². The number of hydrogen-bond acceptors (Lipinski definition) is 4. The van der Waals surface area contributed by atoms with Crippen molar-refractivity contribution in [2.75, 3.05) is 14.2 Å². The normalized spacial score (nSPS) is 11.0. The molecular weight excluding hydrogens is 316 g/mol. The molecule has 3 aromatic carbocycles. The number of fused-ring (bicyclic) bond motifs is 3. The van der Waals surface area contributed by atoms with E-state index in [0.717, 1.165) is 16.3 Å². The summed E-state index contributed by atoms with van der Waals surface area (Å²) in [6.45, 7) is 0. The van der Waals surface area contributed by atoms with Crippen LogP contribution in [-0.2, 0) is 0 Å². The van der Waals surface area contributed by atoms with Gasteiger partial charge < -0.3 is 13.9 Å². The summed E-state index contributed by atoms with van der Waals surface area (Å²) < 4.78 is 16.6. The second-order valence-electron chi connectivity index (χ2n) is 5.70. The third kappa shape index (κ3) is 2.52. The topological polar surface area (TPSA) is 48.7 Å². The molecule has 0 aliphatic heterocycles. The maximum atomic E-state index is 12.7. The zero-order valence-corrected chi connectivity index (χ0v) is 13.9. The molecule has 0 aliphatic rings. The molecule has 0 bridgehead atoms. The fourth-order valence-corrected chi connectivity index (χ4v) is 3.06. The van der Waals surface area contributed by atoms with E-state index in [2.05, 4.69) is 0 Å². The van der Waals surface area contributed by atoms with Gasteiger partial charge in [-0.3, -0.25) is 4.79 Å². The van der Waals surface area contributed by atoms with Gasteiger partial charge in [0.1, 0.15) is 11.3 Å². The number of methoxy groups -OCH3 is 2. The van der Waals surface area contributed by atoms with Crippen molar-refractivity contribution < 1.29 is 13.9 Å². The van der Waals surface area contributed by atoms with E-state index in [1.165, 1.54) is 6.07 Å². The van der Waals surface area contributed by atoms with Crippen molar-refractivity contribution in [1.82, 2.24) is 0 Å². The minimum absolute atomic E-state index is 0.0668. The van der Waals surface area contributed by atoms with E-state index in [4.69, 9.17) is 13.9 Å². The fraction of sp³-hybridized carbons (Fsp3) is 0.0952. The molecule has 0 amide bonds. The highest BCUT2D eigenvalue weighted by atomic mass is 16.5. The molecule has 0 spiro atoms. The van der Waals surface area contributed by atoms with Gasteiger partial charge in [-0.1, -0.05) is 30.3 Å². The Morgan fingerprint density at radius 1 is 0.840 bits per heavy atom. The second-order valence-corrected chi connectivity index (χ2v) is 5.70. The molecule has 4 heteroatoms. The van der Waals surface area contributed by atoms with Crippen molar-refractivity contribution in [3.8, 4) is 22.8 Å². The molecule has 124 valence electrons. The van der Waals surface area contributed by atoms with Crippen LogP contribution < -0.4 is 14.9 Å².